The molecule has 2 aromatic carbocycles. The Bertz CT molecular complexity index is 468. The highest BCUT2D eigenvalue weighted by atomic mass is 14.0. The first-order valence-electron chi connectivity index (χ1n) is 6.86. The Kier molecular flexibility index (Phi) is 6.86. The topological polar surface area (TPSA) is 0 Å². The van der Waals surface area contributed by atoms with Crippen molar-refractivity contribution in [3.8, 4) is 0 Å². The number of aryl methyl sites for hydroxylation is 1. The molecular weight excluding hydrogens is 216 g/mol. The Morgan fingerprint density at radius 3 is 2.33 bits per heavy atom. The minimum absolute atomic E-state index is 1.22. The Hall–Kier alpha value is -1.56. The van der Waals surface area contributed by atoms with Gasteiger partial charge >= 0.3 is 0 Å². The molecule has 96 valence electrons. The van der Waals surface area contributed by atoms with E-state index in [1.165, 1.54) is 42.0 Å². The van der Waals surface area contributed by atoms with Gasteiger partial charge in [0, 0.05) is 0 Å². The van der Waals surface area contributed by atoms with Gasteiger partial charge in [0.05, 0.1) is 0 Å². The van der Waals surface area contributed by atoms with Crippen molar-refractivity contribution >= 4 is 10.8 Å². The number of benzene rings is 2. The summed E-state index contributed by atoms with van der Waals surface area (Å²) in [5.41, 5.74) is 1.47. The number of unbranched alkanes of at least 4 members (excludes halogenated alkanes) is 2. The molecule has 0 atom stereocenters. The molecule has 0 heteroatoms. The summed E-state index contributed by atoms with van der Waals surface area (Å²) in [4.78, 5) is 0. The van der Waals surface area contributed by atoms with E-state index in [0.717, 1.165) is 0 Å². The molecule has 0 saturated heterocycles. The molecule has 2 aromatic rings. The number of hydrogen-bond acceptors (Lipinski definition) is 0. The van der Waals surface area contributed by atoms with Crippen molar-refractivity contribution in [1.82, 2.24) is 0 Å². The van der Waals surface area contributed by atoms with Gasteiger partial charge in [-0.2, -0.15) is 0 Å². The summed E-state index contributed by atoms with van der Waals surface area (Å²) in [6.07, 6.45) is 6.92. The minimum Gasteiger partial charge on any atom is -0.103 e. The highest BCUT2D eigenvalue weighted by molar-refractivity contribution is 5.82. The van der Waals surface area contributed by atoms with E-state index in [9.17, 15) is 0 Å². The lowest BCUT2D eigenvalue weighted by atomic mass is 10.0. The van der Waals surface area contributed by atoms with Crippen molar-refractivity contribution in [3.63, 3.8) is 0 Å². The number of hydrogen-bond donors (Lipinski definition) is 0. The molecule has 0 amide bonds. The van der Waals surface area contributed by atoms with Crippen molar-refractivity contribution in [2.45, 2.75) is 39.5 Å². The summed E-state index contributed by atoms with van der Waals surface area (Å²) in [6.45, 7) is 7.50. The molecule has 0 nitrogen and oxygen atoms in total. The Labute approximate surface area is 111 Å². The molecular formula is C18H24. The van der Waals surface area contributed by atoms with E-state index in [4.69, 9.17) is 0 Å². The number of fused-ring (bicyclic) bond motifs is 1. The third-order valence-corrected chi connectivity index (χ3v) is 2.88. The summed E-state index contributed by atoms with van der Waals surface area (Å²) in [5, 5.41) is 2.71. The second-order valence-electron chi connectivity index (χ2n) is 4.55. The molecule has 0 aromatic heterocycles. The van der Waals surface area contributed by atoms with Crippen LogP contribution in [0.3, 0.4) is 0 Å². The van der Waals surface area contributed by atoms with E-state index in [2.05, 4.69) is 56.0 Å². The van der Waals surface area contributed by atoms with Crippen LogP contribution in [0.1, 0.15) is 38.7 Å². The molecule has 0 N–H and O–H groups in total. The van der Waals surface area contributed by atoms with Crippen LogP contribution in [0.5, 0.6) is 0 Å². The lowest BCUT2D eigenvalue weighted by molar-refractivity contribution is 0.718. The fraction of sp³-hybridized carbons (Fsp3) is 0.333. The molecule has 0 radical (unpaired) electrons. The first-order chi connectivity index (χ1) is 8.81. The molecule has 0 heterocycles. The van der Waals surface area contributed by atoms with Crippen molar-refractivity contribution in [2.24, 2.45) is 0 Å². The van der Waals surface area contributed by atoms with E-state index in [-0.39, 0.29) is 0 Å². The maximum Gasteiger partial charge on any atom is -0.0181 e. The van der Waals surface area contributed by atoms with Gasteiger partial charge in [-0.05, 0) is 36.1 Å². The zero-order valence-corrected chi connectivity index (χ0v) is 11.7. The summed E-state index contributed by atoms with van der Waals surface area (Å²) >= 11 is 0. The normalized spacial score (nSPS) is 9.67. The van der Waals surface area contributed by atoms with Crippen LogP contribution in [0, 0.1) is 0 Å². The first kappa shape index (κ1) is 14.5. The monoisotopic (exact) mass is 240 g/mol. The molecule has 0 fully saturated rings. The third kappa shape index (κ3) is 4.75. The summed E-state index contributed by atoms with van der Waals surface area (Å²) in [5.74, 6) is 0. The SMILES string of the molecule is C=CC.CCCCCc1ccc2ccccc2c1. The fourth-order valence-electron chi connectivity index (χ4n) is 1.97. The third-order valence-electron chi connectivity index (χ3n) is 2.88. The van der Waals surface area contributed by atoms with Gasteiger partial charge in [0.2, 0.25) is 0 Å². The van der Waals surface area contributed by atoms with Gasteiger partial charge in [-0.1, -0.05) is 68.3 Å². The maximum absolute atomic E-state index is 3.36. The molecule has 0 saturated carbocycles. The van der Waals surface area contributed by atoms with Gasteiger partial charge in [0.25, 0.3) is 0 Å². The van der Waals surface area contributed by atoms with E-state index in [1.807, 2.05) is 6.92 Å². The summed E-state index contributed by atoms with van der Waals surface area (Å²) in [6, 6.07) is 15.4. The molecule has 0 unspecified atom stereocenters. The van der Waals surface area contributed by atoms with E-state index < -0.39 is 0 Å². The van der Waals surface area contributed by atoms with Crippen molar-refractivity contribution < 1.29 is 0 Å². The standard InChI is InChI=1S/C15H18.C3H6/c1-2-3-4-7-13-10-11-14-8-5-6-9-15(14)12-13;1-3-2/h5-6,8-12H,2-4,7H2,1H3;3H,1H2,2H3. The van der Waals surface area contributed by atoms with Crippen LogP contribution in [0.25, 0.3) is 10.8 Å². The minimum atomic E-state index is 1.22. The van der Waals surface area contributed by atoms with Gasteiger partial charge in [0.1, 0.15) is 0 Å². The lowest BCUT2D eigenvalue weighted by Gasteiger charge is -2.03. The Morgan fingerprint density at radius 2 is 1.67 bits per heavy atom. The van der Waals surface area contributed by atoms with Gasteiger partial charge in [-0.15, -0.1) is 6.58 Å². The van der Waals surface area contributed by atoms with Gasteiger partial charge < -0.3 is 0 Å². The van der Waals surface area contributed by atoms with Crippen LogP contribution in [0.4, 0.5) is 0 Å². The van der Waals surface area contributed by atoms with E-state index in [1.54, 1.807) is 6.08 Å². The molecule has 0 aliphatic carbocycles. The predicted molar refractivity (Wildman–Crippen MR) is 83.0 cm³/mol. The van der Waals surface area contributed by atoms with Gasteiger partial charge in [0.15, 0.2) is 0 Å². The van der Waals surface area contributed by atoms with Crippen molar-refractivity contribution in [1.29, 1.82) is 0 Å². The first-order valence-corrected chi connectivity index (χ1v) is 6.86. The van der Waals surface area contributed by atoms with Crippen LogP contribution < -0.4 is 0 Å². The number of allylic oxidation sites excluding steroid dienone is 1. The van der Waals surface area contributed by atoms with Crippen molar-refractivity contribution in [3.05, 3.63) is 60.7 Å². The number of rotatable bonds is 4. The van der Waals surface area contributed by atoms with Gasteiger partial charge in [-0.3, -0.25) is 0 Å². The molecule has 18 heavy (non-hydrogen) atoms. The Morgan fingerprint density at radius 1 is 1.00 bits per heavy atom. The van der Waals surface area contributed by atoms with E-state index in [0.29, 0.717) is 0 Å². The lowest BCUT2D eigenvalue weighted by Crippen LogP contribution is -1.85. The van der Waals surface area contributed by atoms with Crippen LogP contribution in [-0.2, 0) is 6.42 Å². The smallest absolute Gasteiger partial charge is 0.0181 e. The average Bonchev–Trinajstić information content (AvgIpc) is 2.40. The highest BCUT2D eigenvalue weighted by Crippen LogP contribution is 2.17. The van der Waals surface area contributed by atoms with Crippen LogP contribution in [0.15, 0.2) is 55.1 Å². The highest BCUT2D eigenvalue weighted by Gasteiger charge is 1.95. The molecule has 0 aliphatic rings. The van der Waals surface area contributed by atoms with Crippen LogP contribution in [-0.4, -0.2) is 0 Å². The summed E-state index contributed by atoms with van der Waals surface area (Å²) in [7, 11) is 0. The maximum atomic E-state index is 3.36. The quantitative estimate of drug-likeness (QED) is 0.470. The van der Waals surface area contributed by atoms with E-state index >= 15 is 0 Å². The zero-order chi connectivity index (χ0) is 13.2. The fourth-order valence-corrected chi connectivity index (χ4v) is 1.97. The van der Waals surface area contributed by atoms with Gasteiger partial charge in [-0.25, -0.2) is 0 Å². The predicted octanol–water partition coefficient (Wildman–Crippen LogP) is 5.76. The molecule has 2 rings (SSSR count). The zero-order valence-electron chi connectivity index (χ0n) is 11.7. The van der Waals surface area contributed by atoms with Crippen LogP contribution >= 0.6 is 0 Å². The Balaban J connectivity index is 0.000000492. The molecule has 0 spiro atoms. The molecule has 0 aliphatic heterocycles. The largest absolute Gasteiger partial charge is 0.103 e. The van der Waals surface area contributed by atoms with Crippen LogP contribution in [0.2, 0.25) is 0 Å². The average molecular weight is 240 g/mol. The second-order valence-corrected chi connectivity index (χ2v) is 4.55. The summed E-state index contributed by atoms with van der Waals surface area (Å²) < 4.78 is 0. The molecule has 0 bridgehead atoms. The second kappa shape index (κ2) is 8.52. The van der Waals surface area contributed by atoms with Crippen molar-refractivity contribution in [2.75, 3.05) is 0 Å².